The molecular weight excluding hydrogens is 339 g/mol. The molecule has 0 radical (unpaired) electrons. The molecule has 4 nitrogen and oxygen atoms in total. The summed E-state index contributed by atoms with van der Waals surface area (Å²) in [4.78, 5) is 11.7. The molecule has 0 saturated heterocycles. The van der Waals surface area contributed by atoms with Crippen LogP contribution in [0.5, 0.6) is 11.5 Å². The molecular formula is C17H12Cl2O4. The Bertz CT molecular complexity index is 898. The Morgan fingerprint density at radius 1 is 1.09 bits per heavy atom. The Balaban J connectivity index is 1.98. The van der Waals surface area contributed by atoms with Crippen molar-refractivity contribution in [1.29, 1.82) is 0 Å². The first kappa shape index (κ1) is 15.7. The summed E-state index contributed by atoms with van der Waals surface area (Å²) >= 11 is 12.2. The Kier molecular flexibility index (Phi) is 4.46. The third-order valence-corrected chi connectivity index (χ3v) is 3.92. The average molecular weight is 351 g/mol. The van der Waals surface area contributed by atoms with E-state index in [1.54, 1.807) is 37.4 Å². The van der Waals surface area contributed by atoms with Gasteiger partial charge in [-0.05, 0) is 24.3 Å². The first-order chi connectivity index (χ1) is 11.1. The fourth-order valence-electron chi connectivity index (χ4n) is 2.23. The van der Waals surface area contributed by atoms with E-state index < -0.39 is 5.63 Å². The standard InChI is InChI=1S/C17H12Cl2O4/c1-21-11-5-6-12-10(7-16(20)23-15(12)8-11)9-22-17-13(18)3-2-4-14(17)19/h2-8H,9H2,1H3. The Hall–Kier alpha value is -2.17. The highest BCUT2D eigenvalue weighted by Crippen LogP contribution is 2.33. The predicted octanol–water partition coefficient (Wildman–Crippen LogP) is 4.69. The second-order valence-electron chi connectivity index (χ2n) is 4.79. The molecule has 0 N–H and O–H groups in total. The maximum Gasteiger partial charge on any atom is 0.336 e. The molecule has 2 aromatic carbocycles. The van der Waals surface area contributed by atoms with E-state index in [1.165, 1.54) is 6.07 Å². The molecule has 0 saturated carbocycles. The van der Waals surface area contributed by atoms with Crippen molar-refractivity contribution >= 4 is 34.2 Å². The monoisotopic (exact) mass is 350 g/mol. The molecule has 6 heteroatoms. The van der Waals surface area contributed by atoms with E-state index in [2.05, 4.69) is 0 Å². The second-order valence-corrected chi connectivity index (χ2v) is 5.61. The smallest absolute Gasteiger partial charge is 0.336 e. The average Bonchev–Trinajstić information content (AvgIpc) is 2.53. The minimum atomic E-state index is -0.463. The first-order valence-corrected chi connectivity index (χ1v) is 7.51. The zero-order valence-electron chi connectivity index (χ0n) is 12.1. The van der Waals surface area contributed by atoms with Gasteiger partial charge in [0.05, 0.1) is 17.2 Å². The molecule has 0 spiro atoms. The van der Waals surface area contributed by atoms with E-state index >= 15 is 0 Å². The molecule has 1 aromatic heterocycles. The number of hydrogen-bond acceptors (Lipinski definition) is 4. The van der Waals surface area contributed by atoms with Crippen LogP contribution < -0.4 is 15.1 Å². The van der Waals surface area contributed by atoms with E-state index in [1.807, 2.05) is 6.07 Å². The van der Waals surface area contributed by atoms with Crippen molar-refractivity contribution in [3.8, 4) is 11.5 Å². The quantitative estimate of drug-likeness (QED) is 0.640. The van der Waals surface area contributed by atoms with Gasteiger partial charge in [0.1, 0.15) is 17.9 Å². The van der Waals surface area contributed by atoms with Gasteiger partial charge < -0.3 is 13.9 Å². The number of methoxy groups -OCH3 is 1. The Morgan fingerprint density at radius 2 is 1.83 bits per heavy atom. The fraction of sp³-hybridized carbons (Fsp3) is 0.118. The zero-order valence-corrected chi connectivity index (χ0v) is 13.6. The van der Waals surface area contributed by atoms with Crippen LogP contribution in [-0.2, 0) is 6.61 Å². The highest BCUT2D eigenvalue weighted by Gasteiger charge is 2.11. The molecule has 0 fully saturated rings. The number of hydrogen-bond donors (Lipinski definition) is 0. The van der Waals surface area contributed by atoms with Crippen LogP contribution in [0.4, 0.5) is 0 Å². The molecule has 0 aliphatic rings. The van der Waals surface area contributed by atoms with Crippen LogP contribution in [0, 0.1) is 0 Å². The van der Waals surface area contributed by atoms with Crippen molar-refractivity contribution in [3.63, 3.8) is 0 Å². The molecule has 118 valence electrons. The van der Waals surface area contributed by atoms with Gasteiger partial charge in [0.15, 0.2) is 5.75 Å². The summed E-state index contributed by atoms with van der Waals surface area (Å²) in [7, 11) is 1.55. The molecule has 23 heavy (non-hydrogen) atoms. The Labute approximate surface area is 142 Å². The van der Waals surface area contributed by atoms with Crippen LogP contribution in [0.3, 0.4) is 0 Å². The van der Waals surface area contributed by atoms with Crippen molar-refractivity contribution in [3.05, 3.63) is 68.5 Å². The van der Waals surface area contributed by atoms with Gasteiger partial charge in [0, 0.05) is 23.1 Å². The molecule has 1 heterocycles. The van der Waals surface area contributed by atoms with E-state index in [0.717, 1.165) is 5.39 Å². The lowest BCUT2D eigenvalue weighted by atomic mass is 10.1. The normalized spacial score (nSPS) is 10.7. The van der Waals surface area contributed by atoms with Crippen LogP contribution in [0.25, 0.3) is 11.0 Å². The number of fused-ring (bicyclic) bond motifs is 1. The maximum absolute atomic E-state index is 11.7. The van der Waals surface area contributed by atoms with Gasteiger partial charge in [-0.15, -0.1) is 0 Å². The highest BCUT2D eigenvalue weighted by molar-refractivity contribution is 6.37. The van der Waals surface area contributed by atoms with Crippen molar-refractivity contribution < 1.29 is 13.9 Å². The Morgan fingerprint density at radius 3 is 2.52 bits per heavy atom. The van der Waals surface area contributed by atoms with Gasteiger partial charge in [0.25, 0.3) is 0 Å². The van der Waals surface area contributed by atoms with Crippen LogP contribution >= 0.6 is 23.2 Å². The summed E-state index contributed by atoms with van der Waals surface area (Å²) in [5.41, 5.74) is 0.644. The molecule has 0 aliphatic carbocycles. The lowest BCUT2D eigenvalue weighted by Gasteiger charge is -2.11. The molecule has 0 bridgehead atoms. The maximum atomic E-state index is 11.7. The summed E-state index contributed by atoms with van der Waals surface area (Å²) in [5, 5.41) is 1.58. The third-order valence-electron chi connectivity index (χ3n) is 3.33. The van der Waals surface area contributed by atoms with Gasteiger partial charge in [-0.3, -0.25) is 0 Å². The van der Waals surface area contributed by atoms with Gasteiger partial charge in [-0.2, -0.15) is 0 Å². The van der Waals surface area contributed by atoms with Crippen LogP contribution in [0.15, 0.2) is 51.7 Å². The third kappa shape index (κ3) is 3.28. The number of benzene rings is 2. The summed E-state index contributed by atoms with van der Waals surface area (Å²) in [6, 6.07) is 11.7. The summed E-state index contributed by atoms with van der Waals surface area (Å²) in [6.07, 6.45) is 0. The van der Waals surface area contributed by atoms with Gasteiger partial charge in [0.2, 0.25) is 0 Å². The zero-order chi connectivity index (χ0) is 16.4. The minimum absolute atomic E-state index is 0.137. The number of halogens is 2. The largest absolute Gasteiger partial charge is 0.497 e. The molecule has 0 aliphatic heterocycles. The van der Waals surface area contributed by atoms with Crippen LogP contribution in [0.1, 0.15) is 5.56 Å². The van der Waals surface area contributed by atoms with E-state index in [9.17, 15) is 4.79 Å². The van der Waals surface area contributed by atoms with Gasteiger partial charge >= 0.3 is 5.63 Å². The number of ether oxygens (including phenoxy) is 2. The second kappa shape index (κ2) is 6.52. The van der Waals surface area contributed by atoms with Gasteiger partial charge in [-0.1, -0.05) is 29.3 Å². The summed E-state index contributed by atoms with van der Waals surface area (Å²) < 4.78 is 16.0. The van der Waals surface area contributed by atoms with E-state index in [4.69, 9.17) is 37.1 Å². The van der Waals surface area contributed by atoms with Crippen LogP contribution in [-0.4, -0.2) is 7.11 Å². The molecule has 3 aromatic rings. The van der Waals surface area contributed by atoms with Crippen molar-refractivity contribution in [2.75, 3.05) is 7.11 Å². The first-order valence-electron chi connectivity index (χ1n) is 6.76. The van der Waals surface area contributed by atoms with Crippen molar-refractivity contribution in [2.24, 2.45) is 0 Å². The van der Waals surface area contributed by atoms with Crippen molar-refractivity contribution in [2.45, 2.75) is 6.61 Å². The SMILES string of the molecule is COc1ccc2c(COc3c(Cl)cccc3Cl)cc(=O)oc2c1. The highest BCUT2D eigenvalue weighted by atomic mass is 35.5. The van der Waals surface area contributed by atoms with Crippen LogP contribution in [0.2, 0.25) is 10.0 Å². The lowest BCUT2D eigenvalue weighted by molar-refractivity contribution is 0.307. The summed E-state index contributed by atoms with van der Waals surface area (Å²) in [6.45, 7) is 0.137. The molecule has 0 atom stereocenters. The van der Waals surface area contributed by atoms with E-state index in [0.29, 0.717) is 32.7 Å². The topological polar surface area (TPSA) is 48.7 Å². The van der Waals surface area contributed by atoms with E-state index in [-0.39, 0.29) is 6.61 Å². The van der Waals surface area contributed by atoms with Gasteiger partial charge in [-0.25, -0.2) is 4.79 Å². The molecule has 0 amide bonds. The predicted molar refractivity (Wildman–Crippen MR) is 89.8 cm³/mol. The molecule has 0 unspecified atom stereocenters. The number of rotatable bonds is 4. The number of para-hydroxylation sites is 1. The fourth-order valence-corrected chi connectivity index (χ4v) is 2.73. The van der Waals surface area contributed by atoms with Crippen molar-refractivity contribution in [1.82, 2.24) is 0 Å². The lowest BCUT2D eigenvalue weighted by Crippen LogP contribution is -2.04. The minimum Gasteiger partial charge on any atom is -0.497 e. The molecule has 3 rings (SSSR count). The summed E-state index contributed by atoms with van der Waals surface area (Å²) in [5.74, 6) is 0.985.